The number of aliphatic hydroxyl groups excluding tert-OH is 1. The second kappa shape index (κ2) is 6.07. The van der Waals surface area contributed by atoms with E-state index in [1.165, 1.54) is 4.90 Å². The fourth-order valence-corrected chi connectivity index (χ4v) is 2.58. The molecule has 1 saturated heterocycles. The minimum Gasteiger partial charge on any atom is -0.497 e. The van der Waals surface area contributed by atoms with E-state index in [1.54, 1.807) is 14.2 Å². The normalized spacial score (nSPS) is 23.7. The predicted molar refractivity (Wildman–Crippen MR) is 69.2 cm³/mol. The Balaban J connectivity index is 2.11. The minimum absolute atomic E-state index is 0.162. The van der Waals surface area contributed by atoms with E-state index in [0.29, 0.717) is 0 Å². The summed E-state index contributed by atoms with van der Waals surface area (Å²) >= 11 is 0. The Hall–Kier alpha value is -1.26. The quantitative estimate of drug-likeness (QED) is 0.807. The maximum Gasteiger partial charge on any atom is 0.127 e. The summed E-state index contributed by atoms with van der Waals surface area (Å²) in [6, 6.07) is 5.86. The summed E-state index contributed by atoms with van der Waals surface area (Å²) in [6.07, 6.45) is 1.85. The van der Waals surface area contributed by atoms with Gasteiger partial charge in [0.15, 0.2) is 0 Å². The summed E-state index contributed by atoms with van der Waals surface area (Å²) in [5, 5.41) is 9.71. The Kier molecular flexibility index (Phi) is 4.44. The number of hydrogen-bond donors (Lipinski definition) is 2. The van der Waals surface area contributed by atoms with E-state index in [0.717, 1.165) is 49.5 Å². The molecule has 2 rings (SSSR count). The van der Waals surface area contributed by atoms with Crippen molar-refractivity contribution < 1.29 is 19.5 Å². The van der Waals surface area contributed by atoms with Crippen LogP contribution in [0, 0.1) is 0 Å². The third-order valence-electron chi connectivity index (χ3n) is 3.52. The van der Waals surface area contributed by atoms with Crippen molar-refractivity contribution in [3.05, 3.63) is 23.8 Å². The molecular formula is C14H22NO3+. The van der Waals surface area contributed by atoms with E-state index in [9.17, 15) is 5.11 Å². The summed E-state index contributed by atoms with van der Waals surface area (Å²) in [5.74, 6) is 1.74. The molecule has 1 aromatic rings. The molecule has 2 atom stereocenters. The average molecular weight is 252 g/mol. The van der Waals surface area contributed by atoms with Crippen LogP contribution in [0.1, 0.15) is 18.4 Å². The van der Waals surface area contributed by atoms with Crippen LogP contribution >= 0.6 is 0 Å². The first-order valence-electron chi connectivity index (χ1n) is 6.45. The summed E-state index contributed by atoms with van der Waals surface area (Å²) < 4.78 is 10.6. The number of rotatable bonds is 4. The molecule has 1 unspecified atom stereocenters. The van der Waals surface area contributed by atoms with E-state index in [1.807, 2.05) is 18.2 Å². The molecule has 0 saturated carbocycles. The van der Waals surface area contributed by atoms with Gasteiger partial charge in [-0.2, -0.15) is 0 Å². The van der Waals surface area contributed by atoms with Gasteiger partial charge >= 0.3 is 0 Å². The topological polar surface area (TPSA) is 43.1 Å². The zero-order chi connectivity index (χ0) is 13.0. The van der Waals surface area contributed by atoms with Crippen molar-refractivity contribution in [2.75, 3.05) is 27.3 Å². The number of aliphatic hydroxyl groups is 1. The highest BCUT2D eigenvalue weighted by Gasteiger charge is 2.22. The highest BCUT2D eigenvalue weighted by Crippen LogP contribution is 2.23. The molecule has 100 valence electrons. The van der Waals surface area contributed by atoms with Crippen LogP contribution in [0.25, 0.3) is 0 Å². The lowest BCUT2D eigenvalue weighted by Crippen LogP contribution is -3.12. The summed E-state index contributed by atoms with van der Waals surface area (Å²) in [5.41, 5.74) is 1.14. The lowest BCUT2D eigenvalue weighted by molar-refractivity contribution is -0.921. The number of benzene rings is 1. The van der Waals surface area contributed by atoms with E-state index in [4.69, 9.17) is 9.47 Å². The molecule has 4 heteroatoms. The van der Waals surface area contributed by atoms with Crippen molar-refractivity contribution in [3.63, 3.8) is 0 Å². The first kappa shape index (κ1) is 13.2. The molecule has 1 aliphatic heterocycles. The third-order valence-corrected chi connectivity index (χ3v) is 3.52. The number of likely N-dealkylation sites (tertiary alicyclic amines) is 1. The van der Waals surface area contributed by atoms with Gasteiger partial charge in [0.1, 0.15) is 30.7 Å². The SMILES string of the molecule is COc1ccc(OC)c(C[NH+]2CCC[C@H](O)C2)c1. The van der Waals surface area contributed by atoms with Gasteiger partial charge in [-0.1, -0.05) is 0 Å². The molecule has 1 heterocycles. The van der Waals surface area contributed by atoms with E-state index in [-0.39, 0.29) is 6.10 Å². The second-order valence-corrected chi connectivity index (χ2v) is 4.85. The van der Waals surface area contributed by atoms with Gasteiger partial charge < -0.3 is 19.5 Å². The number of quaternary nitrogens is 1. The highest BCUT2D eigenvalue weighted by molar-refractivity contribution is 5.39. The Labute approximate surface area is 108 Å². The maximum atomic E-state index is 9.71. The van der Waals surface area contributed by atoms with E-state index >= 15 is 0 Å². The van der Waals surface area contributed by atoms with Crippen molar-refractivity contribution in [3.8, 4) is 11.5 Å². The molecule has 18 heavy (non-hydrogen) atoms. The van der Waals surface area contributed by atoms with Crippen LogP contribution in [-0.2, 0) is 6.54 Å². The van der Waals surface area contributed by atoms with Crippen LogP contribution in [-0.4, -0.2) is 38.5 Å². The Morgan fingerprint density at radius 3 is 2.83 bits per heavy atom. The largest absolute Gasteiger partial charge is 0.497 e. The van der Waals surface area contributed by atoms with Gasteiger partial charge in [-0.3, -0.25) is 0 Å². The fraction of sp³-hybridized carbons (Fsp3) is 0.571. The lowest BCUT2D eigenvalue weighted by atomic mass is 10.1. The fourth-order valence-electron chi connectivity index (χ4n) is 2.58. The number of piperidine rings is 1. The van der Waals surface area contributed by atoms with Gasteiger partial charge in [0.05, 0.1) is 26.3 Å². The summed E-state index contributed by atoms with van der Waals surface area (Å²) in [4.78, 5) is 1.40. The van der Waals surface area contributed by atoms with Crippen LogP contribution in [0.15, 0.2) is 18.2 Å². The summed E-state index contributed by atoms with van der Waals surface area (Å²) in [7, 11) is 3.36. The monoisotopic (exact) mass is 252 g/mol. The number of ether oxygens (including phenoxy) is 2. The van der Waals surface area contributed by atoms with Crippen LogP contribution < -0.4 is 14.4 Å². The molecule has 0 amide bonds. The zero-order valence-electron chi connectivity index (χ0n) is 11.1. The van der Waals surface area contributed by atoms with Crippen LogP contribution in [0.3, 0.4) is 0 Å². The highest BCUT2D eigenvalue weighted by atomic mass is 16.5. The molecule has 2 N–H and O–H groups in total. The lowest BCUT2D eigenvalue weighted by Gasteiger charge is -2.27. The van der Waals surface area contributed by atoms with Crippen molar-refractivity contribution in [2.24, 2.45) is 0 Å². The molecular weight excluding hydrogens is 230 g/mol. The van der Waals surface area contributed by atoms with Gasteiger partial charge in [-0.15, -0.1) is 0 Å². The number of hydrogen-bond acceptors (Lipinski definition) is 3. The molecule has 0 aliphatic carbocycles. The van der Waals surface area contributed by atoms with Crippen molar-refractivity contribution in [1.29, 1.82) is 0 Å². The maximum absolute atomic E-state index is 9.71. The zero-order valence-corrected chi connectivity index (χ0v) is 11.1. The van der Waals surface area contributed by atoms with Crippen molar-refractivity contribution >= 4 is 0 Å². The Morgan fingerprint density at radius 2 is 2.17 bits per heavy atom. The second-order valence-electron chi connectivity index (χ2n) is 4.85. The standard InChI is InChI=1S/C14H21NO3/c1-17-13-5-6-14(18-2)11(8-13)9-15-7-3-4-12(16)10-15/h5-6,8,12,16H,3-4,7,9-10H2,1-2H3/p+1/t12-/m0/s1. The van der Waals surface area contributed by atoms with Crippen molar-refractivity contribution in [1.82, 2.24) is 0 Å². The number of nitrogens with one attached hydrogen (secondary N) is 1. The molecule has 1 aliphatic rings. The van der Waals surface area contributed by atoms with Crippen LogP contribution in [0.5, 0.6) is 11.5 Å². The minimum atomic E-state index is -0.162. The van der Waals surface area contributed by atoms with Gasteiger partial charge in [-0.25, -0.2) is 0 Å². The third kappa shape index (κ3) is 3.15. The first-order chi connectivity index (χ1) is 8.72. The Bertz CT molecular complexity index is 395. The first-order valence-corrected chi connectivity index (χ1v) is 6.45. The molecule has 0 spiro atoms. The summed E-state index contributed by atoms with van der Waals surface area (Å²) in [6.45, 7) is 2.80. The smallest absolute Gasteiger partial charge is 0.127 e. The number of methoxy groups -OCH3 is 2. The van der Waals surface area contributed by atoms with Crippen LogP contribution in [0.4, 0.5) is 0 Å². The van der Waals surface area contributed by atoms with Crippen molar-refractivity contribution in [2.45, 2.75) is 25.5 Å². The van der Waals surface area contributed by atoms with Crippen LogP contribution in [0.2, 0.25) is 0 Å². The van der Waals surface area contributed by atoms with Gasteiger partial charge in [0.2, 0.25) is 0 Å². The Morgan fingerprint density at radius 1 is 1.33 bits per heavy atom. The molecule has 1 fully saturated rings. The van der Waals surface area contributed by atoms with Gasteiger partial charge in [-0.05, 0) is 31.0 Å². The molecule has 0 bridgehead atoms. The molecule has 0 aromatic heterocycles. The van der Waals surface area contributed by atoms with Gasteiger partial charge in [0, 0.05) is 0 Å². The predicted octanol–water partition coefficient (Wildman–Crippen LogP) is 0.243. The van der Waals surface area contributed by atoms with E-state index in [2.05, 4.69) is 0 Å². The average Bonchev–Trinajstić information content (AvgIpc) is 2.38. The molecule has 4 nitrogen and oxygen atoms in total. The van der Waals surface area contributed by atoms with Gasteiger partial charge in [0.25, 0.3) is 0 Å². The molecule has 1 aromatic carbocycles. The van der Waals surface area contributed by atoms with E-state index < -0.39 is 0 Å². The molecule has 0 radical (unpaired) electrons.